The summed E-state index contributed by atoms with van der Waals surface area (Å²) in [7, 11) is -0.863. The smallest absolute Gasteiger partial charge is 0.151 e. The molecule has 1 saturated heterocycles. The van der Waals surface area contributed by atoms with E-state index in [0.717, 1.165) is 25.8 Å². The molecule has 0 amide bonds. The van der Waals surface area contributed by atoms with Gasteiger partial charge in [0.2, 0.25) is 0 Å². The van der Waals surface area contributed by atoms with Gasteiger partial charge in [-0.15, -0.1) is 0 Å². The van der Waals surface area contributed by atoms with E-state index in [2.05, 4.69) is 10.1 Å². The standard InChI is InChI=1S/C11H21N3O3S/c1-14(9-2-5-18(16,17)7-9)8-11(3-4-11)6-10(12)13-15/h9,15H,2-8H2,1H3,(H2,12,13). The Morgan fingerprint density at radius 2 is 2.22 bits per heavy atom. The molecule has 2 fully saturated rings. The summed E-state index contributed by atoms with van der Waals surface area (Å²) in [6.07, 6.45) is 3.44. The zero-order valence-electron chi connectivity index (χ0n) is 10.7. The molecule has 1 aliphatic heterocycles. The van der Waals surface area contributed by atoms with Crippen molar-refractivity contribution in [3.05, 3.63) is 0 Å². The highest BCUT2D eigenvalue weighted by Gasteiger charge is 2.45. The number of oxime groups is 1. The molecule has 1 atom stereocenters. The highest BCUT2D eigenvalue weighted by molar-refractivity contribution is 7.91. The Bertz CT molecular complexity index is 442. The minimum absolute atomic E-state index is 0.0947. The van der Waals surface area contributed by atoms with Crippen molar-refractivity contribution in [3.8, 4) is 0 Å². The van der Waals surface area contributed by atoms with Gasteiger partial charge in [0.05, 0.1) is 11.5 Å². The molecule has 18 heavy (non-hydrogen) atoms. The van der Waals surface area contributed by atoms with Gasteiger partial charge >= 0.3 is 0 Å². The molecule has 1 unspecified atom stereocenters. The third-order valence-corrected chi connectivity index (χ3v) is 5.81. The van der Waals surface area contributed by atoms with E-state index in [1.54, 1.807) is 0 Å². The van der Waals surface area contributed by atoms with Crippen LogP contribution in [0.1, 0.15) is 25.7 Å². The topological polar surface area (TPSA) is 96.0 Å². The summed E-state index contributed by atoms with van der Waals surface area (Å²) < 4.78 is 22.9. The van der Waals surface area contributed by atoms with Crippen molar-refractivity contribution in [2.75, 3.05) is 25.1 Å². The number of hydrogen-bond acceptors (Lipinski definition) is 5. The molecule has 104 valence electrons. The van der Waals surface area contributed by atoms with Gasteiger partial charge in [0, 0.05) is 19.0 Å². The zero-order chi connectivity index (χ0) is 13.4. The van der Waals surface area contributed by atoms with Crippen molar-refractivity contribution in [2.24, 2.45) is 16.3 Å². The predicted octanol–water partition coefficient (Wildman–Crippen LogP) is 0.0220. The first-order chi connectivity index (χ1) is 8.36. The maximum Gasteiger partial charge on any atom is 0.151 e. The lowest BCUT2D eigenvalue weighted by Gasteiger charge is -2.27. The maximum atomic E-state index is 11.5. The second kappa shape index (κ2) is 4.70. The monoisotopic (exact) mass is 275 g/mol. The average molecular weight is 275 g/mol. The van der Waals surface area contributed by atoms with E-state index in [-0.39, 0.29) is 23.0 Å². The van der Waals surface area contributed by atoms with Gasteiger partial charge < -0.3 is 15.8 Å². The molecular weight excluding hydrogens is 254 g/mol. The van der Waals surface area contributed by atoms with E-state index in [1.807, 2.05) is 7.05 Å². The Labute approximate surface area is 108 Å². The van der Waals surface area contributed by atoms with Crippen LogP contribution in [0.4, 0.5) is 0 Å². The second-order valence-electron chi connectivity index (χ2n) is 5.74. The van der Waals surface area contributed by atoms with E-state index in [0.29, 0.717) is 12.2 Å². The van der Waals surface area contributed by atoms with E-state index < -0.39 is 9.84 Å². The van der Waals surface area contributed by atoms with Crippen LogP contribution in [0.2, 0.25) is 0 Å². The SMILES string of the molecule is CN(CC1(CC(N)=NO)CC1)C1CCS(=O)(=O)C1. The minimum atomic E-state index is -2.83. The first kappa shape index (κ1) is 13.6. The van der Waals surface area contributed by atoms with Crippen LogP contribution in [0.3, 0.4) is 0 Å². The Balaban J connectivity index is 1.90. The van der Waals surface area contributed by atoms with Gasteiger partial charge in [-0.1, -0.05) is 5.16 Å². The highest BCUT2D eigenvalue weighted by atomic mass is 32.2. The van der Waals surface area contributed by atoms with Crippen LogP contribution in [-0.4, -0.2) is 55.5 Å². The maximum absolute atomic E-state index is 11.5. The molecule has 1 heterocycles. The summed E-state index contributed by atoms with van der Waals surface area (Å²) >= 11 is 0. The summed E-state index contributed by atoms with van der Waals surface area (Å²) in [5.41, 5.74) is 5.65. The fourth-order valence-electron chi connectivity index (χ4n) is 2.77. The van der Waals surface area contributed by atoms with Crippen LogP contribution >= 0.6 is 0 Å². The van der Waals surface area contributed by atoms with Crippen molar-refractivity contribution < 1.29 is 13.6 Å². The number of rotatable bonds is 5. The number of sulfone groups is 1. The molecule has 0 aromatic carbocycles. The lowest BCUT2D eigenvalue weighted by molar-refractivity contribution is 0.212. The largest absolute Gasteiger partial charge is 0.409 e. The number of nitrogens with zero attached hydrogens (tertiary/aromatic N) is 2. The minimum Gasteiger partial charge on any atom is -0.409 e. The van der Waals surface area contributed by atoms with Gasteiger partial charge in [0.1, 0.15) is 5.84 Å². The fraction of sp³-hybridized carbons (Fsp3) is 0.909. The van der Waals surface area contributed by atoms with Crippen LogP contribution in [-0.2, 0) is 9.84 Å². The summed E-state index contributed by atoms with van der Waals surface area (Å²) in [4.78, 5) is 2.13. The molecule has 2 rings (SSSR count). The van der Waals surface area contributed by atoms with Crippen molar-refractivity contribution in [2.45, 2.75) is 31.7 Å². The molecule has 0 aromatic rings. The van der Waals surface area contributed by atoms with Gasteiger partial charge in [-0.25, -0.2) is 8.42 Å². The van der Waals surface area contributed by atoms with Crippen LogP contribution < -0.4 is 5.73 Å². The quantitative estimate of drug-likeness (QED) is 0.319. The summed E-state index contributed by atoms with van der Waals surface area (Å²) in [6.45, 7) is 0.823. The summed E-state index contributed by atoms with van der Waals surface area (Å²) in [5, 5.41) is 11.6. The van der Waals surface area contributed by atoms with Gasteiger partial charge in [-0.2, -0.15) is 0 Å². The molecule has 3 N–H and O–H groups in total. The molecule has 0 aromatic heterocycles. The predicted molar refractivity (Wildman–Crippen MR) is 69.4 cm³/mol. The normalized spacial score (nSPS) is 29.7. The average Bonchev–Trinajstić information content (AvgIpc) is 2.93. The van der Waals surface area contributed by atoms with Crippen molar-refractivity contribution in [1.82, 2.24) is 4.90 Å². The molecule has 0 radical (unpaired) electrons. The van der Waals surface area contributed by atoms with E-state index >= 15 is 0 Å². The van der Waals surface area contributed by atoms with Crippen LogP contribution in [0.5, 0.6) is 0 Å². The molecular formula is C11H21N3O3S. The molecule has 1 saturated carbocycles. The van der Waals surface area contributed by atoms with E-state index in [4.69, 9.17) is 10.9 Å². The zero-order valence-corrected chi connectivity index (χ0v) is 11.5. The third kappa shape index (κ3) is 3.14. The summed E-state index contributed by atoms with van der Waals surface area (Å²) in [5.74, 6) is 0.832. The fourth-order valence-corrected chi connectivity index (χ4v) is 4.57. The van der Waals surface area contributed by atoms with Crippen LogP contribution in [0, 0.1) is 5.41 Å². The third-order valence-electron chi connectivity index (χ3n) is 4.06. The van der Waals surface area contributed by atoms with E-state index in [1.165, 1.54) is 0 Å². The number of hydrogen-bond donors (Lipinski definition) is 2. The van der Waals surface area contributed by atoms with Crippen molar-refractivity contribution in [3.63, 3.8) is 0 Å². The molecule has 0 spiro atoms. The lowest BCUT2D eigenvalue weighted by atomic mass is 10.0. The Morgan fingerprint density at radius 3 is 2.67 bits per heavy atom. The van der Waals surface area contributed by atoms with Gasteiger partial charge in [-0.05, 0) is 31.7 Å². The highest BCUT2D eigenvalue weighted by Crippen LogP contribution is 2.49. The molecule has 1 aliphatic carbocycles. The number of amidine groups is 1. The van der Waals surface area contributed by atoms with Crippen LogP contribution in [0.25, 0.3) is 0 Å². The van der Waals surface area contributed by atoms with Crippen molar-refractivity contribution in [1.29, 1.82) is 0 Å². The number of nitrogens with two attached hydrogens (primary N) is 1. The van der Waals surface area contributed by atoms with Gasteiger partial charge in [-0.3, -0.25) is 0 Å². The lowest BCUT2D eigenvalue weighted by Crippen LogP contribution is -2.38. The van der Waals surface area contributed by atoms with E-state index in [9.17, 15) is 8.42 Å². The van der Waals surface area contributed by atoms with Gasteiger partial charge in [0.15, 0.2) is 9.84 Å². The summed E-state index contributed by atoms with van der Waals surface area (Å²) in [6, 6.07) is 0.125. The first-order valence-electron chi connectivity index (χ1n) is 6.23. The molecule has 7 heteroatoms. The first-order valence-corrected chi connectivity index (χ1v) is 8.05. The Hall–Kier alpha value is -0.820. The molecule has 0 bridgehead atoms. The van der Waals surface area contributed by atoms with Crippen molar-refractivity contribution >= 4 is 15.7 Å². The van der Waals surface area contributed by atoms with Gasteiger partial charge in [0.25, 0.3) is 0 Å². The van der Waals surface area contributed by atoms with Crippen LogP contribution in [0.15, 0.2) is 5.16 Å². The Kier molecular flexibility index (Phi) is 3.55. The molecule has 2 aliphatic rings. The molecule has 6 nitrogen and oxygen atoms in total. The second-order valence-corrected chi connectivity index (χ2v) is 7.97. The Morgan fingerprint density at radius 1 is 1.56 bits per heavy atom.